The van der Waals surface area contributed by atoms with Gasteiger partial charge in [0.1, 0.15) is 5.75 Å². The normalized spacial score (nSPS) is 11.2. The minimum Gasteiger partial charge on any atom is -0.494 e. The first-order chi connectivity index (χ1) is 9.38. The van der Waals surface area contributed by atoms with Gasteiger partial charge in [0, 0.05) is 6.21 Å². The molecule has 0 aliphatic rings. The number of hydrogen-bond donors (Lipinski definition) is 0. The Hall–Kier alpha value is -2.35. The Morgan fingerprint density at radius 3 is 2.42 bits per heavy atom. The highest BCUT2D eigenvalue weighted by atomic mass is 16.5. The summed E-state index contributed by atoms with van der Waals surface area (Å²) in [5, 5.41) is 0. The molecule has 2 heteroatoms. The molecule has 0 aliphatic carbocycles. The second-order valence-corrected chi connectivity index (χ2v) is 3.97. The highest BCUT2D eigenvalue weighted by Gasteiger charge is 1.91. The molecule has 0 fully saturated rings. The van der Waals surface area contributed by atoms with Crippen LogP contribution in [0.2, 0.25) is 0 Å². The molecule has 2 aromatic rings. The van der Waals surface area contributed by atoms with E-state index < -0.39 is 0 Å². The van der Waals surface area contributed by atoms with Crippen LogP contribution in [0.1, 0.15) is 12.5 Å². The van der Waals surface area contributed by atoms with Gasteiger partial charge >= 0.3 is 0 Å². The third-order valence-electron chi connectivity index (χ3n) is 2.55. The predicted molar refractivity (Wildman–Crippen MR) is 81.2 cm³/mol. The van der Waals surface area contributed by atoms with Gasteiger partial charge in [-0.15, -0.1) is 0 Å². The Bertz CT molecular complexity index is 541. The van der Waals surface area contributed by atoms with E-state index in [0.717, 1.165) is 11.4 Å². The molecule has 2 nitrogen and oxygen atoms in total. The van der Waals surface area contributed by atoms with Crippen molar-refractivity contribution in [2.24, 2.45) is 4.99 Å². The summed E-state index contributed by atoms with van der Waals surface area (Å²) in [6.45, 7) is 2.66. The maximum atomic E-state index is 5.38. The van der Waals surface area contributed by atoms with Crippen LogP contribution in [0.5, 0.6) is 5.75 Å². The first-order valence-electron chi connectivity index (χ1n) is 6.37. The standard InChI is InChI=1S/C17H17NO/c1-2-19-17-12-10-16(11-13-17)18-14-6-9-15-7-4-3-5-8-15/h3-14H,2H2,1H3/b9-6-,18-14?. The van der Waals surface area contributed by atoms with Gasteiger partial charge in [-0.1, -0.05) is 36.4 Å². The van der Waals surface area contributed by atoms with Crippen molar-refractivity contribution in [3.05, 3.63) is 66.2 Å². The van der Waals surface area contributed by atoms with Gasteiger partial charge in [0.15, 0.2) is 0 Å². The van der Waals surface area contributed by atoms with Crippen LogP contribution in [0.4, 0.5) is 5.69 Å². The van der Waals surface area contributed by atoms with Crippen LogP contribution in [0.15, 0.2) is 65.7 Å². The van der Waals surface area contributed by atoms with E-state index >= 15 is 0 Å². The zero-order chi connectivity index (χ0) is 13.3. The first-order valence-corrected chi connectivity index (χ1v) is 6.37. The number of rotatable bonds is 5. The molecule has 2 rings (SSSR count). The van der Waals surface area contributed by atoms with E-state index in [4.69, 9.17) is 4.74 Å². The van der Waals surface area contributed by atoms with E-state index in [9.17, 15) is 0 Å². The Kier molecular flexibility index (Phi) is 4.94. The lowest BCUT2D eigenvalue weighted by atomic mass is 10.2. The van der Waals surface area contributed by atoms with Gasteiger partial charge in [-0.2, -0.15) is 0 Å². The molecule has 0 bridgehead atoms. The molecule has 0 N–H and O–H groups in total. The van der Waals surface area contributed by atoms with Crippen molar-refractivity contribution in [2.75, 3.05) is 6.61 Å². The highest BCUT2D eigenvalue weighted by molar-refractivity contribution is 5.80. The molecule has 0 aliphatic heterocycles. The van der Waals surface area contributed by atoms with Crippen LogP contribution >= 0.6 is 0 Å². The molecule has 0 unspecified atom stereocenters. The average Bonchev–Trinajstić information content (AvgIpc) is 2.47. The van der Waals surface area contributed by atoms with Crippen LogP contribution in [-0.2, 0) is 0 Å². The summed E-state index contributed by atoms with van der Waals surface area (Å²) in [5.41, 5.74) is 2.09. The van der Waals surface area contributed by atoms with Gasteiger partial charge in [0.25, 0.3) is 0 Å². The lowest BCUT2D eigenvalue weighted by Gasteiger charge is -2.01. The number of hydrogen-bond acceptors (Lipinski definition) is 2. The van der Waals surface area contributed by atoms with Gasteiger partial charge in [-0.05, 0) is 42.8 Å². The topological polar surface area (TPSA) is 21.6 Å². The fourth-order valence-electron chi connectivity index (χ4n) is 1.64. The molecule has 2 aromatic carbocycles. The molecule has 0 radical (unpaired) electrons. The van der Waals surface area contributed by atoms with E-state index in [1.54, 1.807) is 6.21 Å². The van der Waals surface area contributed by atoms with Crippen LogP contribution < -0.4 is 4.74 Å². The molecule has 0 spiro atoms. The van der Waals surface area contributed by atoms with Crippen LogP contribution in [0.25, 0.3) is 6.08 Å². The number of allylic oxidation sites excluding steroid dienone is 1. The summed E-state index contributed by atoms with van der Waals surface area (Å²) in [6, 6.07) is 17.9. The van der Waals surface area contributed by atoms with Crippen molar-refractivity contribution in [2.45, 2.75) is 6.92 Å². The largest absolute Gasteiger partial charge is 0.494 e. The zero-order valence-corrected chi connectivity index (χ0v) is 11.0. The zero-order valence-electron chi connectivity index (χ0n) is 11.0. The third-order valence-corrected chi connectivity index (χ3v) is 2.55. The Labute approximate surface area is 114 Å². The van der Waals surface area contributed by atoms with Gasteiger partial charge in [-0.25, -0.2) is 0 Å². The minimum absolute atomic E-state index is 0.683. The second kappa shape index (κ2) is 7.17. The van der Waals surface area contributed by atoms with Crippen LogP contribution in [-0.4, -0.2) is 12.8 Å². The van der Waals surface area contributed by atoms with Crippen molar-refractivity contribution in [3.63, 3.8) is 0 Å². The molecule has 0 aromatic heterocycles. The Morgan fingerprint density at radius 2 is 1.74 bits per heavy atom. The first kappa shape index (κ1) is 13.1. The summed E-state index contributed by atoms with van der Waals surface area (Å²) in [5.74, 6) is 0.876. The van der Waals surface area contributed by atoms with E-state index in [1.165, 1.54) is 5.56 Å². The van der Waals surface area contributed by atoms with Crippen LogP contribution in [0, 0.1) is 0 Å². The van der Waals surface area contributed by atoms with Gasteiger partial charge in [0.05, 0.1) is 12.3 Å². The quantitative estimate of drug-likeness (QED) is 0.717. The number of benzene rings is 2. The molecular weight excluding hydrogens is 234 g/mol. The van der Waals surface area contributed by atoms with Crippen molar-refractivity contribution in [1.82, 2.24) is 0 Å². The fraction of sp³-hybridized carbons (Fsp3) is 0.118. The van der Waals surface area contributed by atoms with E-state index in [1.807, 2.05) is 61.5 Å². The molecular formula is C17H17NO. The third kappa shape index (κ3) is 4.43. The van der Waals surface area contributed by atoms with Crippen molar-refractivity contribution in [1.29, 1.82) is 0 Å². The monoisotopic (exact) mass is 251 g/mol. The fourth-order valence-corrected chi connectivity index (χ4v) is 1.64. The van der Waals surface area contributed by atoms with E-state index in [-0.39, 0.29) is 0 Å². The number of aliphatic imine (C=N–C) groups is 1. The summed E-state index contributed by atoms with van der Waals surface area (Å²) in [7, 11) is 0. The summed E-state index contributed by atoms with van der Waals surface area (Å²) in [4.78, 5) is 4.36. The summed E-state index contributed by atoms with van der Waals surface area (Å²) in [6.07, 6.45) is 5.76. The lowest BCUT2D eigenvalue weighted by molar-refractivity contribution is 0.340. The van der Waals surface area contributed by atoms with E-state index in [0.29, 0.717) is 6.61 Å². The average molecular weight is 251 g/mol. The highest BCUT2D eigenvalue weighted by Crippen LogP contribution is 2.17. The predicted octanol–water partition coefficient (Wildman–Crippen LogP) is 4.50. The summed E-state index contributed by atoms with van der Waals surface area (Å²) < 4.78 is 5.38. The maximum Gasteiger partial charge on any atom is 0.119 e. The number of ether oxygens (including phenoxy) is 1. The molecule has 0 amide bonds. The smallest absolute Gasteiger partial charge is 0.119 e. The van der Waals surface area contributed by atoms with Gasteiger partial charge < -0.3 is 4.74 Å². The van der Waals surface area contributed by atoms with Gasteiger partial charge in [-0.3, -0.25) is 4.99 Å². The number of nitrogens with zero attached hydrogens (tertiary/aromatic N) is 1. The van der Waals surface area contributed by atoms with Gasteiger partial charge in [0.2, 0.25) is 0 Å². The molecule has 0 saturated heterocycles. The van der Waals surface area contributed by atoms with Crippen molar-refractivity contribution in [3.8, 4) is 5.75 Å². The van der Waals surface area contributed by atoms with E-state index in [2.05, 4.69) is 17.1 Å². The minimum atomic E-state index is 0.683. The SMILES string of the molecule is CCOc1ccc(N=C/C=C\c2ccccc2)cc1. The van der Waals surface area contributed by atoms with Crippen molar-refractivity contribution < 1.29 is 4.74 Å². The molecule has 96 valence electrons. The molecule has 0 heterocycles. The Morgan fingerprint density at radius 1 is 1.00 bits per heavy atom. The second-order valence-electron chi connectivity index (χ2n) is 3.97. The van der Waals surface area contributed by atoms with Crippen LogP contribution in [0.3, 0.4) is 0 Å². The van der Waals surface area contributed by atoms with Crippen molar-refractivity contribution >= 4 is 18.0 Å². The molecule has 0 atom stereocenters. The maximum absolute atomic E-state index is 5.38. The molecule has 0 saturated carbocycles. The summed E-state index contributed by atoms with van der Waals surface area (Å²) >= 11 is 0. The Balaban J connectivity index is 1.93. The lowest BCUT2D eigenvalue weighted by Crippen LogP contribution is -1.89. The molecule has 19 heavy (non-hydrogen) atoms.